The SMILES string of the molecule is CC1CCc2sc(NC(=O)c3ccc([N+](=O)[O-])cc3)c(C(N)=O)c2C1. The Balaban J connectivity index is 1.88. The first-order valence-corrected chi connectivity index (χ1v) is 8.68. The van der Waals surface area contributed by atoms with Crippen molar-refractivity contribution in [3.05, 3.63) is 55.9 Å². The van der Waals surface area contributed by atoms with Gasteiger partial charge in [-0.1, -0.05) is 6.92 Å². The lowest BCUT2D eigenvalue weighted by molar-refractivity contribution is -0.384. The summed E-state index contributed by atoms with van der Waals surface area (Å²) in [6.07, 6.45) is 2.69. The van der Waals surface area contributed by atoms with Crippen molar-refractivity contribution >= 4 is 33.8 Å². The third-order valence-electron chi connectivity index (χ3n) is 4.32. The Morgan fingerprint density at radius 1 is 1.32 bits per heavy atom. The number of carbonyl (C=O) groups is 2. The summed E-state index contributed by atoms with van der Waals surface area (Å²) in [4.78, 5) is 35.6. The highest BCUT2D eigenvalue weighted by molar-refractivity contribution is 7.17. The van der Waals surface area contributed by atoms with E-state index in [1.54, 1.807) is 0 Å². The molecule has 0 fully saturated rings. The number of benzene rings is 1. The van der Waals surface area contributed by atoms with Crippen LogP contribution in [0.1, 0.15) is 44.5 Å². The Morgan fingerprint density at radius 3 is 2.60 bits per heavy atom. The highest BCUT2D eigenvalue weighted by Crippen LogP contribution is 2.39. The minimum absolute atomic E-state index is 0.0880. The summed E-state index contributed by atoms with van der Waals surface area (Å²) < 4.78 is 0. The van der Waals surface area contributed by atoms with Crippen molar-refractivity contribution in [2.24, 2.45) is 11.7 Å². The number of anilines is 1. The second-order valence-corrected chi connectivity index (χ2v) is 7.28. The predicted octanol–water partition coefficient (Wildman–Crippen LogP) is 3.13. The minimum atomic E-state index is -0.550. The normalized spacial score (nSPS) is 16.1. The van der Waals surface area contributed by atoms with E-state index in [2.05, 4.69) is 12.2 Å². The van der Waals surface area contributed by atoms with Gasteiger partial charge >= 0.3 is 0 Å². The number of primary amides is 1. The van der Waals surface area contributed by atoms with Crippen molar-refractivity contribution in [3.8, 4) is 0 Å². The van der Waals surface area contributed by atoms with Crippen LogP contribution in [0.2, 0.25) is 0 Å². The predicted molar refractivity (Wildman–Crippen MR) is 95.1 cm³/mol. The molecule has 0 spiro atoms. The first kappa shape index (κ1) is 17.1. The summed E-state index contributed by atoms with van der Waals surface area (Å²) in [5, 5.41) is 13.9. The van der Waals surface area contributed by atoms with E-state index in [0.29, 0.717) is 16.5 Å². The van der Waals surface area contributed by atoms with Crippen LogP contribution in [0.5, 0.6) is 0 Å². The van der Waals surface area contributed by atoms with Crippen LogP contribution in [-0.2, 0) is 12.8 Å². The number of carbonyl (C=O) groups excluding carboxylic acids is 2. The molecule has 3 N–H and O–H groups in total. The molecule has 1 heterocycles. The van der Waals surface area contributed by atoms with Crippen molar-refractivity contribution in [1.82, 2.24) is 0 Å². The topological polar surface area (TPSA) is 115 Å². The van der Waals surface area contributed by atoms with Gasteiger partial charge in [0.25, 0.3) is 17.5 Å². The minimum Gasteiger partial charge on any atom is -0.365 e. The molecular weight excluding hydrogens is 342 g/mol. The number of aryl methyl sites for hydroxylation is 1. The zero-order valence-electron chi connectivity index (χ0n) is 13.6. The number of nitrogens with one attached hydrogen (secondary N) is 1. The number of hydrogen-bond donors (Lipinski definition) is 2. The molecule has 3 rings (SSSR count). The number of hydrogen-bond acceptors (Lipinski definition) is 5. The molecule has 0 bridgehead atoms. The number of nitrogens with two attached hydrogens (primary N) is 1. The Morgan fingerprint density at radius 2 is 2.00 bits per heavy atom. The monoisotopic (exact) mass is 359 g/mol. The third-order valence-corrected chi connectivity index (χ3v) is 5.53. The second-order valence-electron chi connectivity index (χ2n) is 6.18. The maximum atomic E-state index is 12.4. The molecule has 25 heavy (non-hydrogen) atoms. The Hall–Kier alpha value is -2.74. The molecule has 1 aromatic heterocycles. The van der Waals surface area contributed by atoms with Crippen LogP contribution in [0, 0.1) is 16.0 Å². The summed E-state index contributed by atoms with van der Waals surface area (Å²) in [6.45, 7) is 2.13. The Bertz CT molecular complexity index is 858. The highest BCUT2D eigenvalue weighted by Gasteiger charge is 2.27. The number of fused-ring (bicyclic) bond motifs is 1. The second kappa shape index (κ2) is 6.64. The van der Waals surface area contributed by atoms with Crippen LogP contribution < -0.4 is 11.1 Å². The zero-order valence-corrected chi connectivity index (χ0v) is 14.4. The van der Waals surface area contributed by atoms with Crippen molar-refractivity contribution in [1.29, 1.82) is 0 Å². The van der Waals surface area contributed by atoms with Crippen molar-refractivity contribution in [3.63, 3.8) is 0 Å². The summed E-state index contributed by atoms with van der Waals surface area (Å²) in [5.74, 6) is -0.506. The molecule has 0 radical (unpaired) electrons. The van der Waals surface area contributed by atoms with Crippen molar-refractivity contribution in [2.45, 2.75) is 26.2 Å². The van der Waals surface area contributed by atoms with Gasteiger partial charge in [0.1, 0.15) is 5.00 Å². The van der Waals surface area contributed by atoms with Gasteiger partial charge in [-0.15, -0.1) is 11.3 Å². The van der Waals surface area contributed by atoms with E-state index < -0.39 is 16.7 Å². The first-order chi connectivity index (χ1) is 11.9. The lowest BCUT2D eigenvalue weighted by Crippen LogP contribution is -2.19. The number of thiophene rings is 1. The van der Waals surface area contributed by atoms with Gasteiger partial charge in [-0.2, -0.15) is 0 Å². The molecule has 1 aliphatic carbocycles. The summed E-state index contributed by atoms with van der Waals surface area (Å²) in [5.41, 5.74) is 7.06. The lowest BCUT2D eigenvalue weighted by Gasteiger charge is -2.18. The van der Waals surface area contributed by atoms with Gasteiger partial charge in [0.15, 0.2) is 0 Å². The molecule has 1 atom stereocenters. The smallest absolute Gasteiger partial charge is 0.269 e. The van der Waals surface area contributed by atoms with Gasteiger partial charge in [0.2, 0.25) is 0 Å². The zero-order chi connectivity index (χ0) is 18.1. The Kier molecular flexibility index (Phi) is 4.54. The van der Waals surface area contributed by atoms with Crippen LogP contribution in [-0.4, -0.2) is 16.7 Å². The number of nitro benzene ring substituents is 1. The quantitative estimate of drug-likeness (QED) is 0.644. The largest absolute Gasteiger partial charge is 0.365 e. The van der Waals surface area contributed by atoms with Crippen LogP contribution in [0.25, 0.3) is 0 Å². The first-order valence-electron chi connectivity index (χ1n) is 7.87. The van der Waals surface area contributed by atoms with Crippen molar-refractivity contribution < 1.29 is 14.5 Å². The molecule has 2 amide bonds. The number of rotatable bonds is 4. The number of amides is 2. The van der Waals surface area contributed by atoms with E-state index in [1.807, 2.05) is 0 Å². The molecular formula is C17H17N3O4S. The van der Waals surface area contributed by atoms with E-state index in [0.717, 1.165) is 29.7 Å². The summed E-state index contributed by atoms with van der Waals surface area (Å²) >= 11 is 1.38. The van der Waals surface area contributed by atoms with Crippen LogP contribution in [0.3, 0.4) is 0 Å². The standard InChI is InChI=1S/C17H17N3O4S/c1-9-2-7-13-12(8-9)14(15(18)21)17(25-13)19-16(22)10-3-5-11(6-4-10)20(23)24/h3-6,9H,2,7-8H2,1H3,(H2,18,21)(H,19,22). The van der Waals surface area contributed by atoms with Crippen LogP contribution in [0.15, 0.2) is 24.3 Å². The molecule has 1 aromatic carbocycles. The Labute approximate surface area is 148 Å². The molecule has 1 aliphatic rings. The molecule has 0 aliphatic heterocycles. The highest BCUT2D eigenvalue weighted by atomic mass is 32.1. The van der Waals surface area contributed by atoms with Gasteiger partial charge in [0.05, 0.1) is 10.5 Å². The fraction of sp³-hybridized carbons (Fsp3) is 0.294. The van der Waals surface area contributed by atoms with Gasteiger partial charge in [0, 0.05) is 22.6 Å². The maximum absolute atomic E-state index is 12.4. The fourth-order valence-corrected chi connectivity index (χ4v) is 4.26. The number of nitro groups is 1. The van der Waals surface area contributed by atoms with Crippen LogP contribution >= 0.6 is 11.3 Å². The van der Waals surface area contributed by atoms with Gasteiger partial charge < -0.3 is 11.1 Å². The summed E-state index contributed by atoms with van der Waals surface area (Å²) in [7, 11) is 0. The molecule has 7 nitrogen and oxygen atoms in total. The lowest BCUT2D eigenvalue weighted by atomic mass is 9.87. The number of nitrogens with zero attached hydrogens (tertiary/aromatic N) is 1. The molecule has 130 valence electrons. The molecule has 0 saturated heterocycles. The van der Waals surface area contributed by atoms with E-state index >= 15 is 0 Å². The molecule has 8 heteroatoms. The molecule has 2 aromatic rings. The van der Waals surface area contributed by atoms with Gasteiger partial charge in [-0.3, -0.25) is 19.7 Å². The number of non-ortho nitro benzene ring substituents is 1. The molecule has 1 unspecified atom stereocenters. The third kappa shape index (κ3) is 3.39. The van der Waals surface area contributed by atoms with E-state index in [9.17, 15) is 19.7 Å². The van der Waals surface area contributed by atoms with Gasteiger partial charge in [-0.05, 0) is 42.9 Å². The van der Waals surface area contributed by atoms with E-state index in [4.69, 9.17) is 5.73 Å². The summed E-state index contributed by atoms with van der Waals surface area (Å²) in [6, 6.07) is 5.30. The van der Waals surface area contributed by atoms with Crippen molar-refractivity contribution in [2.75, 3.05) is 5.32 Å². The van der Waals surface area contributed by atoms with Gasteiger partial charge in [-0.25, -0.2) is 0 Å². The molecule has 0 saturated carbocycles. The van der Waals surface area contributed by atoms with E-state index in [1.165, 1.54) is 35.6 Å². The van der Waals surface area contributed by atoms with Crippen LogP contribution in [0.4, 0.5) is 10.7 Å². The maximum Gasteiger partial charge on any atom is 0.269 e. The fourth-order valence-electron chi connectivity index (χ4n) is 3.02. The average Bonchev–Trinajstić information content (AvgIpc) is 2.91. The average molecular weight is 359 g/mol. The van der Waals surface area contributed by atoms with E-state index in [-0.39, 0.29) is 11.3 Å².